The summed E-state index contributed by atoms with van der Waals surface area (Å²) in [5, 5.41) is 4.39. The fourth-order valence-corrected chi connectivity index (χ4v) is 3.81. The Balaban J connectivity index is 1.29. The zero-order chi connectivity index (χ0) is 19.1. The van der Waals surface area contributed by atoms with E-state index in [0.29, 0.717) is 30.6 Å². The molecule has 2 unspecified atom stereocenters. The quantitative estimate of drug-likeness (QED) is 0.613. The maximum atomic E-state index is 13.1. The number of rotatable bonds is 7. The number of benzene rings is 1. The van der Waals surface area contributed by atoms with Crippen LogP contribution in [0.25, 0.3) is 0 Å². The molecule has 2 atom stereocenters. The number of carbonyl (C=O) groups is 1. The van der Waals surface area contributed by atoms with E-state index in [9.17, 15) is 4.79 Å². The second-order valence-corrected chi connectivity index (χ2v) is 8.20. The first-order valence-corrected chi connectivity index (χ1v) is 10.1. The van der Waals surface area contributed by atoms with Crippen molar-refractivity contribution in [1.29, 1.82) is 0 Å². The lowest BCUT2D eigenvalue weighted by Crippen LogP contribution is -2.32. The average Bonchev–Trinajstić information content (AvgIpc) is 3.58. The van der Waals surface area contributed by atoms with Crippen LogP contribution in [-0.4, -0.2) is 26.6 Å². The Morgan fingerprint density at radius 2 is 2.00 bits per heavy atom. The first-order chi connectivity index (χ1) is 13.7. The summed E-state index contributed by atoms with van der Waals surface area (Å²) in [5.41, 5.74) is 1.81. The van der Waals surface area contributed by atoms with Crippen LogP contribution in [0, 0.1) is 5.92 Å². The molecule has 5 heteroatoms. The number of aromatic nitrogens is 2. The van der Waals surface area contributed by atoms with Crippen molar-refractivity contribution in [2.75, 3.05) is 0 Å². The van der Waals surface area contributed by atoms with Crippen LogP contribution in [-0.2, 0) is 13.1 Å². The molecule has 2 aliphatic rings. The van der Waals surface area contributed by atoms with Gasteiger partial charge in [0.15, 0.2) is 0 Å². The van der Waals surface area contributed by atoms with Crippen molar-refractivity contribution in [3.63, 3.8) is 0 Å². The molecule has 3 aromatic rings. The minimum Gasteiger partial charge on any atom is -0.464 e. The van der Waals surface area contributed by atoms with E-state index >= 15 is 0 Å². The smallest absolute Gasteiger partial charge is 0.257 e. The van der Waals surface area contributed by atoms with Gasteiger partial charge in [0, 0.05) is 18.2 Å². The molecule has 1 aromatic carbocycles. The van der Waals surface area contributed by atoms with Gasteiger partial charge in [-0.15, -0.1) is 0 Å². The highest BCUT2D eigenvalue weighted by atomic mass is 16.3. The largest absolute Gasteiger partial charge is 0.464 e. The number of nitrogens with zero attached hydrogens (tertiary/aromatic N) is 3. The molecule has 2 heterocycles. The van der Waals surface area contributed by atoms with E-state index in [1.165, 1.54) is 12.0 Å². The highest BCUT2D eigenvalue weighted by molar-refractivity contribution is 5.94. The van der Waals surface area contributed by atoms with E-state index in [4.69, 9.17) is 4.42 Å². The zero-order valence-electron chi connectivity index (χ0n) is 16.1. The van der Waals surface area contributed by atoms with E-state index in [1.54, 1.807) is 6.20 Å². The Hall–Kier alpha value is -2.82. The summed E-state index contributed by atoms with van der Waals surface area (Å²) >= 11 is 0. The van der Waals surface area contributed by atoms with Gasteiger partial charge in [0.05, 0.1) is 24.8 Å². The molecule has 2 saturated carbocycles. The predicted molar refractivity (Wildman–Crippen MR) is 106 cm³/mol. The predicted octanol–water partition coefficient (Wildman–Crippen LogP) is 4.45. The Bertz CT molecular complexity index is 971. The van der Waals surface area contributed by atoms with Gasteiger partial charge in [0.25, 0.3) is 5.91 Å². The van der Waals surface area contributed by atoms with Crippen molar-refractivity contribution in [3.05, 3.63) is 77.5 Å². The fourth-order valence-electron chi connectivity index (χ4n) is 3.81. The lowest BCUT2D eigenvalue weighted by molar-refractivity contribution is 0.0716. The standard InChI is InChI=1S/C23H25N3O2/c1-16-11-21(16)22-10-9-20(28-22)15-26(19-7-8-19)23(27)18-12-24-25(14-18)13-17-5-3-2-4-6-17/h2-6,9-10,12,14,16,19,21H,7-8,11,13,15H2,1H3. The molecule has 0 N–H and O–H groups in total. The topological polar surface area (TPSA) is 51.3 Å². The molecule has 2 aliphatic carbocycles. The molecule has 0 spiro atoms. The van der Waals surface area contributed by atoms with E-state index in [1.807, 2.05) is 40.0 Å². The van der Waals surface area contributed by atoms with Crippen LogP contribution < -0.4 is 0 Å². The Morgan fingerprint density at radius 3 is 2.71 bits per heavy atom. The molecular weight excluding hydrogens is 350 g/mol. The highest BCUT2D eigenvalue weighted by Crippen LogP contribution is 2.47. The lowest BCUT2D eigenvalue weighted by atomic mass is 10.2. The Morgan fingerprint density at radius 1 is 1.21 bits per heavy atom. The normalized spacial score (nSPS) is 20.9. The molecule has 2 fully saturated rings. The summed E-state index contributed by atoms with van der Waals surface area (Å²) in [6.45, 7) is 3.45. The summed E-state index contributed by atoms with van der Waals surface area (Å²) in [4.78, 5) is 15.1. The molecule has 0 aliphatic heterocycles. The first kappa shape index (κ1) is 17.3. The third-order valence-electron chi connectivity index (χ3n) is 5.80. The molecule has 144 valence electrons. The fraction of sp³-hybridized carbons (Fsp3) is 0.391. The molecule has 5 nitrogen and oxygen atoms in total. The van der Waals surface area contributed by atoms with Gasteiger partial charge >= 0.3 is 0 Å². The maximum absolute atomic E-state index is 13.1. The molecule has 28 heavy (non-hydrogen) atoms. The lowest BCUT2D eigenvalue weighted by Gasteiger charge is -2.20. The zero-order valence-corrected chi connectivity index (χ0v) is 16.1. The molecule has 0 radical (unpaired) electrons. The van der Waals surface area contributed by atoms with Gasteiger partial charge in [-0.25, -0.2) is 0 Å². The first-order valence-electron chi connectivity index (χ1n) is 10.1. The van der Waals surface area contributed by atoms with Crippen molar-refractivity contribution in [1.82, 2.24) is 14.7 Å². The van der Waals surface area contributed by atoms with Crippen LogP contribution in [0.15, 0.2) is 59.3 Å². The Kier molecular flexibility index (Phi) is 4.30. The third-order valence-corrected chi connectivity index (χ3v) is 5.80. The van der Waals surface area contributed by atoms with E-state index < -0.39 is 0 Å². The van der Waals surface area contributed by atoms with Crippen LogP contribution >= 0.6 is 0 Å². The van der Waals surface area contributed by atoms with Crippen molar-refractivity contribution >= 4 is 5.91 Å². The number of furan rings is 1. The second kappa shape index (κ2) is 6.97. The van der Waals surface area contributed by atoms with Crippen LogP contribution in [0.1, 0.15) is 59.5 Å². The van der Waals surface area contributed by atoms with E-state index in [-0.39, 0.29) is 5.91 Å². The molecular formula is C23H25N3O2. The summed E-state index contributed by atoms with van der Waals surface area (Å²) in [6.07, 6.45) is 6.87. The van der Waals surface area contributed by atoms with E-state index in [0.717, 1.165) is 30.3 Å². The summed E-state index contributed by atoms with van der Waals surface area (Å²) in [5.74, 6) is 3.28. The van der Waals surface area contributed by atoms with Crippen molar-refractivity contribution in [2.24, 2.45) is 5.92 Å². The van der Waals surface area contributed by atoms with Gasteiger partial charge < -0.3 is 9.32 Å². The number of hydrogen-bond acceptors (Lipinski definition) is 3. The summed E-state index contributed by atoms with van der Waals surface area (Å²) in [6, 6.07) is 14.6. The van der Waals surface area contributed by atoms with Crippen LogP contribution in [0.3, 0.4) is 0 Å². The summed E-state index contributed by atoms with van der Waals surface area (Å²) < 4.78 is 7.87. The molecule has 0 saturated heterocycles. The molecule has 5 rings (SSSR count). The molecule has 0 bridgehead atoms. The average molecular weight is 375 g/mol. The van der Waals surface area contributed by atoms with E-state index in [2.05, 4.69) is 30.2 Å². The van der Waals surface area contributed by atoms with Gasteiger partial charge in [-0.1, -0.05) is 37.3 Å². The minimum atomic E-state index is 0.0413. The maximum Gasteiger partial charge on any atom is 0.257 e. The second-order valence-electron chi connectivity index (χ2n) is 8.20. The SMILES string of the molecule is CC1CC1c1ccc(CN(C(=O)c2cnn(Cc3ccccc3)c2)C2CC2)o1. The van der Waals surface area contributed by atoms with Crippen LogP contribution in [0.2, 0.25) is 0 Å². The number of carbonyl (C=O) groups excluding carboxylic acids is 1. The van der Waals surface area contributed by atoms with Gasteiger partial charge in [-0.2, -0.15) is 5.10 Å². The van der Waals surface area contributed by atoms with Gasteiger partial charge in [0.2, 0.25) is 0 Å². The third kappa shape index (κ3) is 3.61. The monoisotopic (exact) mass is 375 g/mol. The van der Waals surface area contributed by atoms with Gasteiger partial charge in [-0.3, -0.25) is 9.48 Å². The number of hydrogen-bond donors (Lipinski definition) is 0. The number of amides is 1. The molecule has 2 aromatic heterocycles. The van der Waals surface area contributed by atoms with Gasteiger partial charge in [-0.05, 0) is 42.9 Å². The summed E-state index contributed by atoms with van der Waals surface area (Å²) in [7, 11) is 0. The minimum absolute atomic E-state index is 0.0413. The van der Waals surface area contributed by atoms with Crippen LogP contribution in [0.5, 0.6) is 0 Å². The van der Waals surface area contributed by atoms with Crippen molar-refractivity contribution in [2.45, 2.75) is 51.2 Å². The van der Waals surface area contributed by atoms with Crippen molar-refractivity contribution < 1.29 is 9.21 Å². The van der Waals surface area contributed by atoms with Crippen molar-refractivity contribution in [3.8, 4) is 0 Å². The Labute approximate surface area is 165 Å². The van der Waals surface area contributed by atoms with Crippen LogP contribution in [0.4, 0.5) is 0 Å². The highest BCUT2D eigenvalue weighted by Gasteiger charge is 2.38. The molecule has 1 amide bonds. The van der Waals surface area contributed by atoms with Gasteiger partial charge in [0.1, 0.15) is 11.5 Å².